The average molecular weight is 278 g/mol. The standard InChI is InChI=1S/C16H26N2S/c1-12-8-9-15(13(2)10-12)16(18-17)11-19-14-6-4-3-5-7-14/h8-10,14,16,18H,3-7,11,17H2,1-2H3. The van der Waals surface area contributed by atoms with E-state index in [1.807, 2.05) is 0 Å². The monoisotopic (exact) mass is 278 g/mol. The molecular formula is C16H26N2S. The minimum atomic E-state index is 0.271. The molecule has 1 atom stereocenters. The molecule has 1 saturated carbocycles. The van der Waals surface area contributed by atoms with Gasteiger partial charge in [-0.2, -0.15) is 11.8 Å². The summed E-state index contributed by atoms with van der Waals surface area (Å²) < 4.78 is 0. The van der Waals surface area contributed by atoms with Crippen molar-refractivity contribution in [3.8, 4) is 0 Å². The van der Waals surface area contributed by atoms with Crippen molar-refractivity contribution in [2.24, 2.45) is 5.84 Å². The van der Waals surface area contributed by atoms with Crippen LogP contribution in [0.2, 0.25) is 0 Å². The first kappa shape index (κ1) is 14.9. The predicted molar refractivity (Wildman–Crippen MR) is 85.3 cm³/mol. The number of nitrogens with one attached hydrogen (secondary N) is 1. The van der Waals surface area contributed by atoms with Gasteiger partial charge < -0.3 is 0 Å². The van der Waals surface area contributed by atoms with E-state index in [0.29, 0.717) is 0 Å². The molecule has 0 saturated heterocycles. The highest BCUT2D eigenvalue weighted by atomic mass is 32.2. The van der Waals surface area contributed by atoms with Gasteiger partial charge in [0.05, 0.1) is 6.04 Å². The van der Waals surface area contributed by atoms with Gasteiger partial charge in [0.1, 0.15) is 0 Å². The molecule has 2 rings (SSSR count). The van der Waals surface area contributed by atoms with Crippen LogP contribution in [0.5, 0.6) is 0 Å². The second kappa shape index (κ2) is 7.32. The molecule has 0 amide bonds. The number of hydrogen-bond acceptors (Lipinski definition) is 3. The lowest BCUT2D eigenvalue weighted by atomic mass is 10.0. The third-order valence-electron chi connectivity index (χ3n) is 4.05. The first-order chi connectivity index (χ1) is 9.20. The topological polar surface area (TPSA) is 38.0 Å². The average Bonchev–Trinajstić information content (AvgIpc) is 2.42. The second-order valence-electron chi connectivity index (χ2n) is 5.67. The summed E-state index contributed by atoms with van der Waals surface area (Å²) in [6.07, 6.45) is 7.00. The van der Waals surface area contributed by atoms with Gasteiger partial charge in [-0.05, 0) is 37.8 Å². The third-order valence-corrected chi connectivity index (χ3v) is 5.52. The first-order valence-electron chi connectivity index (χ1n) is 7.35. The molecule has 0 radical (unpaired) electrons. The van der Waals surface area contributed by atoms with Crippen LogP contribution in [0, 0.1) is 13.8 Å². The molecule has 1 aromatic rings. The van der Waals surface area contributed by atoms with E-state index in [2.05, 4.69) is 49.2 Å². The molecule has 0 bridgehead atoms. The number of rotatable bonds is 5. The molecule has 0 heterocycles. The van der Waals surface area contributed by atoms with E-state index in [9.17, 15) is 0 Å². The smallest absolute Gasteiger partial charge is 0.0553 e. The van der Waals surface area contributed by atoms with E-state index in [0.717, 1.165) is 11.0 Å². The van der Waals surface area contributed by atoms with Crippen LogP contribution < -0.4 is 11.3 Å². The molecule has 0 spiro atoms. The van der Waals surface area contributed by atoms with Crippen molar-refractivity contribution < 1.29 is 0 Å². The van der Waals surface area contributed by atoms with Gasteiger partial charge in [0.25, 0.3) is 0 Å². The molecule has 3 N–H and O–H groups in total. The van der Waals surface area contributed by atoms with Gasteiger partial charge in [-0.3, -0.25) is 11.3 Å². The lowest BCUT2D eigenvalue weighted by Crippen LogP contribution is -2.31. The minimum absolute atomic E-state index is 0.271. The zero-order valence-corrected chi connectivity index (χ0v) is 12.9. The summed E-state index contributed by atoms with van der Waals surface area (Å²) in [4.78, 5) is 0. The summed E-state index contributed by atoms with van der Waals surface area (Å²) >= 11 is 2.10. The van der Waals surface area contributed by atoms with Crippen molar-refractivity contribution in [2.45, 2.75) is 57.2 Å². The maximum absolute atomic E-state index is 5.76. The van der Waals surface area contributed by atoms with Crippen molar-refractivity contribution in [1.82, 2.24) is 5.43 Å². The van der Waals surface area contributed by atoms with Gasteiger partial charge in [0, 0.05) is 11.0 Å². The summed E-state index contributed by atoms with van der Waals surface area (Å²) in [5, 5.41) is 0.843. The Morgan fingerprint density at radius 2 is 2.00 bits per heavy atom. The predicted octanol–water partition coefficient (Wildman–Crippen LogP) is 3.87. The number of benzene rings is 1. The number of aryl methyl sites for hydroxylation is 2. The largest absolute Gasteiger partial charge is 0.271 e. The third kappa shape index (κ3) is 4.23. The van der Waals surface area contributed by atoms with Crippen molar-refractivity contribution in [3.63, 3.8) is 0 Å². The maximum Gasteiger partial charge on any atom is 0.0553 e. The lowest BCUT2D eigenvalue weighted by Gasteiger charge is -2.24. The zero-order chi connectivity index (χ0) is 13.7. The quantitative estimate of drug-likeness (QED) is 0.634. The normalized spacial score (nSPS) is 18.5. The Morgan fingerprint density at radius 1 is 1.26 bits per heavy atom. The number of hydrazine groups is 1. The zero-order valence-electron chi connectivity index (χ0n) is 12.1. The molecule has 1 fully saturated rings. The number of hydrogen-bond donors (Lipinski definition) is 2. The highest BCUT2D eigenvalue weighted by Gasteiger charge is 2.18. The van der Waals surface area contributed by atoms with E-state index >= 15 is 0 Å². The van der Waals surface area contributed by atoms with Crippen LogP contribution >= 0.6 is 11.8 Å². The van der Waals surface area contributed by atoms with E-state index in [1.165, 1.54) is 48.8 Å². The van der Waals surface area contributed by atoms with E-state index in [1.54, 1.807) is 0 Å². The summed E-state index contributed by atoms with van der Waals surface area (Å²) in [5.74, 6) is 6.84. The molecular weight excluding hydrogens is 252 g/mol. The molecule has 0 aliphatic heterocycles. The number of thioether (sulfide) groups is 1. The SMILES string of the molecule is Cc1ccc(C(CSC2CCCCC2)NN)c(C)c1. The van der Waals surface area contributed by atoms with Gasteiger partial charge in [-0.15, -0.1) is 0 Å². The summed E-state index contributed by atoms with van der Waals surface area (Å²) in [7, 11) is 0. The van der Waals surface area contributed by atoms with Crippen LogP contribution in [-0.4, -0.2) is 11.0 Å². The Hall–Kier alpha value is -0.510. The van der Waals surface area contributed by atoms with Gasteiger partial charge >= 0.3 is 0 Å². The van der Waals surface area contributed by atoms with Gasteiger partial charge in [-0.25, -0.2) is 0 Å². The molecule has 106 valence electrons. The maximum atomic E-state index is 5.76. The fraction of sp³-hybridized carbons (Fsp3) is 0.625. The fourth-order valence-corrected chi connectivity index (χ4v) is 4.32. The van der Waals surface area contributed by atoms with Crippen LogP contribution in [-0.2, 0) is 0 Å². The Balaban J connectivity index is 1.95. The molecule has 1 aliphatic carbocycles. The summed E-state index contributed by atoms with van der Waals surface area (Å²) in [6.45, 7) is 4.32. The Bertz CT molecular complexity index is 400. The molecule has 19 heavy (non-hydrogen) atoms. The highest BCUT2D eigenvalue weighted by molar-refractivity contribution is 7.99. The molecule has 1 unspecified atom stereocenters. The van der Waals surface area contributed by atoms with Crippen molar-refractivity contribution in [1.29, 1.82) is 0 Å². The minimum Gasteiger partial charge on any atom is -0.271 e. The van der Waals surface area contributed by atoms with Crippen LogP contribution in [0.15, 0.2) is 18.2 Å². The Morgan fingerprint density at radius 3 is 2.63 bits per heavy atom. The molecule has 3 heteroatoms. The van der Waals surface area contributed by atoms with E-state index in [4.69, 9.17) is 5.84 Å². The molecule has 2 nitrogen and oxygen atoms in total. The second-order valence-corrected chi connectivity index (χ2v) is 7.01. The van der Waals surface area contributed by atoms with E-state index in [-0.39, 0.29) is 6.04 Å². The number of nitrogens with two attached hydrogens (primary N) is 1. The van der Waals surface area contributed by atoms with Crippen LogP contribution in [0.1, 0.15) is 54.8 Å². The van der Waals surface area contributed by atoms with Gasteiger partial charge in [0.2, 0.25) is 0 Å². The highest BCUT2D eigenvalue weighted by Crippen LogP contribution is 2.31. The molecule has 0 aromatic heterocycles. The first-order valence-corrected chi connectivity index (χ1v) is 8.40. The Kier molecular flexibility index (Phi) is 5.74. The van der Waals surface area contributed by atoms with Crippen molar-refractivity contribution >= 4 is 11.8 Å². The van der Waals surface area contributed by atoms with Crippen molar-refractivity contribution in [2.75, 3.05) is 5.75 Å². The molecule has 1 aliphatic rings. The van der Waals surface area contributed by atoms with Crippen LogP contribution in [0.3, 0.4) is 0 Å². The Labute approximate surface area is 121 Å². The lowest BCUT2D eigenvalue weighted by molar-refractivity contribution is 0.514. The van der Waals surface area contributed by atoms with Gasteiger partial charge in [0.15, 0.2) is 0 Å². The van der Waals surface area contributed by atoms with Gasteiger partial charge in [-0.1, -0.05) is 43.0 Å². The fourth-order valence-electron chi connectivity index (χ4n) is 2.91. The van der Waals surface area contributed by atoms with E-state index < -0.39 is 0 Å². The van der Waals surface area contributed by atoms with Crippen LogP contribution in [0.4, 0.5) is 0 Å². The summed E-state index contributed by atoms with van der Waals surface area (Å²) in [5.41, 5.74) is 7.00. The van der Waals surface area contributed by atoms with Crippen molar-refractivity contribution in [3.05, 3.63) is 34.9 Å². The summed E-state index contributed by atoms with van der Waals surface area (Å²) in [6, 6.07) is 6.91. The van der Waals surface area contributed by atoms with Crippen LogP contribution in [0.25, 0.3) is 0 Å². The molecule has 1 aromatic carbocycles.